The molecular formula is C19H12ClNO3S2. The Hall–Kier alpha value is -2.41. The molecule has 2 aromatic carbocycles. The average Bonchev–Trinajstić information content (AvgIpc) is 2.89. The predicted octanol–water partition coefficient (Wildman–Crippen LogP) is 4.91. The molecule has 0 unspecified atom stereocenters. The van der Waals surface area contributed by atoms with Gasteiger partial charge < -0.3 is 5.11 Å². The summed E-state index contributed by atoms with van der Waals surface area (Å²) in [4.78, 5) is 25.5. The molecular weight excluding hydrogens is 390 g/mol. The maximum absolute atomic E-state index is 12.7. The number of carbonyl (C=O) groups excluding carboxylic acids is 1. The SMILES string of the molecule is O=C(O)c1cccc(N2C(=O)/C(=C/C(Cl)=C/c3ccccc3)SC2=S)c1. The quantitative estimate of drug-likeness (QED) is 0.582. The first kappa shape index (κ1) is 18.4. The topological polar surface area (TPSA) is 57.6 Å². The van der Waals surface area contributed by atoms with E-state index < -0.39 is 5.97 Å². The van der Waals surface area contributed by atoms with E-state index in [1.807, 2.05) is 30.3 Å². The standard InChI is InChI=1S/C19H12ClNO3S2/c20-14(9-12-5-2-1-3-6-12)11-16-17(22)21(19(25)26-16)15-8-4-7-13(10-15)18(23)24/h1-11H,(H,23,24)/b14-9-,16-11-. The molecule has 26 heavy (non-hydrogen) atoms. The summed E-state index contributed by atoms with van der Waals surface area (Å²) in [6.45, 7) is 0. The number of thioether (sulfide) groups is 1. The molecule has 0 aliphatic carbocycles. The molecule has 1 N–H and O–H groups in total. The van der Waals surface area contributed by atoms with Crippen LogP contribution in [0, 0.1) is 0 Å². The van der Waals surface area contributed by atoms with Gasteiger partial charge in [-0.15, -0.1) is 0 Å². The monoisotopic (exact) mass is 401 g/mol. The highest BCUT2D eigenvalue weighted by atomic mass is 35.5. The molecule has 0 spiro atoms. The van der Waals surface area contributed by atoms with Crippen LogP contribution in [0.25, 0.3) is 6.08 Å². The lowest BCUT2D eigenvalue weighted by molar-refractivity contribution is -0.113. The number of amides is 1. The molecule has 0 radical (unpaired) electrons. The average molecular weight is 402 g/mol. The van der Waals surface area contributed by atoms with Crippen molar-refractivity contribution in [2.24, 2.45) is 0 Å². The van der Waals surface area contributed by atoms with Crippen LogP contribution < -0.4 is 4.90 Å². The molecule has 4 nitrogen and oxygen atoms in total. The van der Waals surface area contributed by atoms with E-state index >= 15 is 0 Å². The number of carboxylic acids is 1. The second-order valence-corrected chi connectivity index (χ2v) is 7.42. The first-order valence-corrected chi connectivity index (χ1v) is 9.09. The summed E-state index contributed by atoms with van der Waals surface area (Å²) in [5.74, 6) is -1.40. The Kier molecular flexibility index (Phi) is 5.56. The van der Waals surface area contributed by atoms with Gasteiger partial charge in [-0.3, -0.25) is 9.69 Å². The second kappa shape index (κ2) is 7.86. The fourth-order valence-electron chi connectivity index (χ4n) is 2.34. The van der Waals surface area contributed by atoms with Crippen molar-refractivity contribution in [3.63, 3.8) is 0 Å². The number of benzene rings is 2. The highest BCUT2D eigenvalue weighted by Crippen LogP contribution is 2.36. The van der Waals surface area contributed by atoms with Crippen LogP contribution in [0.5, 0.6) is 0 Å². The van der Waals surface area contributed by atoms with Crippen molar-refractivity contribution in [3.8, 4) is 0 Å². The Morgan fingerprint density at radius 2 is 1.88 bits per heavy atom. The summed E-state index contributed by atoms with van der Waals surface area (Å²) in [7, 11) is 0. The fourth-order valence-corrected chi connectivity index (χ4v) is 3.93. The molecule has 130 valence electrons. The van der Waals surface area contributed by atoms with Crippen molar-refractivity contribution in [1.82, 2.24) is 0 Å². The Labute approximate surface area is 164 Å². The van der Waals surface area contributed by atoms with Gasteiger partial charge in [0.05, 0.1) is 16.2 Å². The number of thiocarbonyl (C=S) groups is 1. The van der Waals surface area contributed by atoms with E-state index in [0.717, 1.165) is 17.3 Å². The molecule has 0 atom stereocenters. The molecule has 2 aromatic rings. The third-order valence-corrected chi connectivity index (χ3v) is 5.04. The van der Waals surface area contributed by atoms with Crippen LogP contribution in [0.1, 0.15) is 15.9 Å². The maximum atomic E-state index is 12.7. The molecule has 7 heteroatoms. The van der Waals surface area contributed by atoms with Gasteiger partial charge in [0.15, 0.2) is 4.32 Å². The summed E-state index contributed by atoms with van der Waals surface area (Å²) in [5.41, 5.74) is 1.42. The zero-order valence-corrected chi connectivity index (χ0v) is 15.6. The molecule has 1 heterocycles. The van der Waals surface area contributed by atoms with Crippen molar-refractivity contribution in [3.05, 3.63) is 81.7 Å². The number of nitrogens with zero attached hydrogens (tertiary/aromatic N) is 1. The molecule has 3 rings (SSSR count). The minimum absolute atomic E-state index is 0.0857. The van der Waals surface area contributed by atoms with Crippen LogP contribution in [0.15, 0.2) is 70.6 Å². The van der Waals surface area contributed by atoms with Gasteiger partial charge in [-0.1, -0.05) is 72.0 Å². The molecule has 0 saturated carbocycles. The van der Waals surface area contributed by atoms with E-state index in [1.54, 1.807) is 24.3 Å². The summed E-state index contributed by atoms with van der Waals surface area (Å²) < 4.78 is 0.327. The van der Waals surface area contributed by atoms with Crippen LogP contribution in [-0.4, -0.2) is 21.3 Å². The zero-order chi connectivity index (χ0) is 18.7. The lowest BCUT2D eigenvalue weighted by Gasteiger charge is -2.14. The molecule has 1 fully saturated rings. The van der Waals surface area contributed by atoms with Gasteiger partial charge in [0.2, 0.25) is 0 Å². The van der Waals surface area contributed by atoms with Crippen LogP contribution in [-0.2, 0) is 4.79 Å². The Balaban J connectivity index is 1.88. The number of aromatic carboxylic acids is 1. The number of carbonyl (C=O) groups is 2. The minimum Gasteiger partial charge on any atom is -0.478 e. The van der Waals surface area contributed by atoms with Crippen molar-refractivity contribution in [2.75, 3.05) is 4.90 Å². The largest absolute Gasteiger partial charge is 0.478 e. The number of hydrogen-bond donors (Lipinski definition) is 1. The lowest BCUT2D eigenvalue weighted by Crippen LogP contribution is -2.27. The fraction of sp³-hybridized carbons (Fsp3) is 0. The van der Waals surface area contributed by atoms with E-state index in [0.29, 0.717) is 19.9 Å². The highest BCUT2D eigenvalue weighted by molar-refractivity contribution is 8.27. The molecule has 0 bridgehead atoms. The zero-order valence-electron chi connectivity index (χ0n) is 13.3. The van der Waals surface area contributed by atoms with Crippen molar-refractivity contribution < 1.29 is 14.7 Å². The lowest BCUT2D eigenvalue weighted by atomic mass is 10.2. The van der Waals surface area contributed by atoms with Gasteiger partial charge >= 0.3 is 5.97 Å². The summed E-state index contributed by atoms with van der Waals surface area (Å²) in [5, 5.41) is 9.52. The molecule has 1 amide bonds. The third kappa shape index (κ3) is 4.04. The van der Waals surface area contributed by atoms with Gasteiger partial charge in [0.25, 0.3) is 5.91 Å². The van der Waals surface area contributed by atoms with Crippen LogP contribution >= 0.6 is 35.6 Å². The molecule has 1 aliphatic rings. The molecule has 1 aliphatic heterocycles. The van der Waals surface area contributed by atoms with Gasteiger partial charge in [-0.05, 0) is 35.9 Å². The van der Waals surface area contributed by atoms with E-state index in [1.165, 1.54) is 17.0 Å². The Bertz CT molecular complexity index is 954. The smallest absolute Gasteiger partial charge is 0.335 e. The number of rotatable bonds is 4. The van der Waals surface area contributed by atoms with Crippen molar-refractivity contribution in [2.45, 2.75) is 0 Å². The second-order valence-electron chi connectivity index (χ2n) is 5.31. The Morgan fingerprint density at radius 1 is 1.15 bits per heavy atom. The number of carboxylic acid groups (broad SMARTS) is 1. The predicted molar refractivity (Wildman–Crippen MR) is 109 cm³/mol. The number of allylic oxidation sites excluding steroid dienone is 2. The third-order valence-electron chi connectivity index (χ3n) is 3.52. The normalized spacial score (nSPS) is 16.4. The summed E-state index contributed by atoms with van der Waals surface area (Å²) in [6.07, 6.45) is 3.31. The molecule has 1 saturated heterocycles. The maximum Gasteiger partial charge on any atom is 0.335 e. The van der Waals surface area contributed by atoms with Gasteiger partial charge in [-0.25, -0.2) is 4.79 Å². The van der Waals surface area contributed by atoms with E-state index in [-0.39, 0.29) is 11.5 Å². The first-order valence-electron chi connectivity index (χ1n) is 7.49. The minimum atomic E-state index is -1.07. The summed E-state index contributed by atoms with van der Waals surface area (Å²) in [6, 6.07) is 15.6. The van der Waals surface area contributed by atoms with Crippen molar-refractivity contribution >= 4 is 63.5 Å². The first-order chi connectivity index (χ1) is 12.5. The molecule has 0 aromatic heterocycles. The van der Waals surface area contributed by atoms with Gasteiger partial charge in [0.1, 0.15) is 0 Å². The Morgan fingerprint density at radius 3 is 2.58 bits per heavy atom. The van der Waals surface area contributed by atoms with Crippen LogP contribution in [0.2, 0.25) is 0 Å². The van der Waals surface area contributed by atoms with Crippen molar-refractivity contribution in [1.29, 1.82) is 0 Å². The van der Waals surface area contributed by atoms with Crippen LogP contribution in [0.3, 0.4) is 0 Å². The van der Waals surface area contributed by atoms with E-state index in [2.05, 4.69) is 0 Å². The summed E-state index contributed by atoms with van der Waals surface area (Å²) >= 11 is 12.7. The number of anilines is 1. The van der Waals surface area contributed by atoms with Crippen LogP contribution in [0.4, 0.5) is 5.69 Å². The van der Waals surface area contributed by atoms with Gasteiger partial charge in [-0.2, -0.15) is 0 Å². The van der Waals surface area contributed by atoms with Gasteiger partial charge in [0, 0.05) is 5.03 Å². The van der Waals surface area contributed by atoms with E-state index in [9.17, 15) is 9.59 Å². The van der Waals surface area contributed by atoms with E-state index in [4.69, 9.17) is 28.9 Å². The number of halogens is 1. The number of hydrogen-bond acceptors (Lipinski definition) is 4. The highest BCUT2D eigenvalue weighted by Gasteiger charge is 2.33.